The van der Waals surface area contributed by atoms with Crippen LogP contribution in [-0.2, 0) is 14.8 Å². The number of carbonyl (C=O) groups excluding carboxylic acids is 1. The highest BCUT2D eigenvalue weighted by molar-refractivity contribution is 7.92. The van der Waals surface area contributed by atoms with E-state index in [9.17, 15) is 13.2 Å². The smallest absolute Gasteiger partial charge is 0.243 e. The van der Waals surface area contributed by atoms with E-state index in [0.29, 0.717) is 24.5 Å². The molecular weight excluding hydrogens is 426 g/mol. The molecular formula is C24H31N3O4S. The molecule has 2 aromatic rings. The van der Waals surface area contributed by atoms with Crippen molar-refractivity contribution < 1.29 is 17.9 Å². The molecule has 0 N–H and O–H groups in total. The second-order valence-corrected chi connectivity index (χ2v) is 9.85. The average Bonchev–Trinajstić information content (AvgIpc) is 2.77. The molecule has 1 fully saturated rings. The number of nitrogens with zero attached hydrogens (tertiary/aromatic N) is 3. The van der Waals surface area contributed by atoms with Gasteiger partial charge in [0.1, 0.15) is 12.3 Å². The molecule has 0 bridgehead atoms. The van der Waals surface area contributed by atoms with Gasteiger partial charge in [0.2, 0.25) is 15.9 Å². The molecule has 7 nitrogen and oxygen atoms in total. The number of carbonyl (C=O) groups is 1. The number of aryl methyl sites for hydroxylation is 1. The largest absolute Gasteiger partial charge is 0.495 e. The first-order chi connectivity index (χ1) is 15.3. The van der Waals surface area contributed by atoms with Gasteiger partial charge in [-0.3, -0.25) is 14.0 Å². The highest BCUT2D eigenvalue weighted by Gasteiger charge is 2.28. The van der Waals surface area contributed by atoms with Crippen molar-refractivity contribution in [1.82, 2.24) is 9.80 Å². The molecule has 3 rings (SSSR count). The van der Waals surface area contributed by atoms with Gasteiger partial charge in [0.15, 0.2) is 0 Å². The second-order valence-electron chi connectivity index (χ2n) is 7.94. The molecule has 2 aromatic carbocycles. The molecule has 0 radical (unpaired) electrons. The topological polar surface area (TPSA) is 70.2 Å². The van der Waals surface area contributed by atoms with Crippen molar-refractivity contribution in [2.45, 2.75) is 6.92 Å². The summed E-state index contributed by atoms with van der Waals surface area (Å²) in [5, 5.41) is 0. The van der Waals surface area contributed by atoms with Crippen LogP contribution in [0.4, 0.5) is 5.69 Å². The molecule has 0 atom stereocenters. The standard InChI is InChI=1S/C24H31N3O4S/c1-20-11-12-23(31-2)22(18-20)27(32(3,29)30)19-24(28)26-16-14-25(15-17-26)13-7-10-21-8-5-4-6-9-21/h4-12,18H,13-17,19H2,1-3H3. The Kier molecular flexibility index (Phi) is 7.93. The van der Waals surface area contributed by atoms with E-state index in [0.717, 1.165) is 41.3 Å². The van der Waals surface area contributed by atoms with E-state index in [1.165, 1.54) is 7.11 Å². The molecule has 32 heavy (non-hydrogen) atoms. The summed E-state index contributed by atoms with van der Waals surface area (Å²) in [7, 11) is -2.18. The molecule has 172 valence electrons. The van der Waals surface area contributed by atoms with Crippen LogP contribution in [0, 0.1) is 6.92 Å². The third-order valence-electron chi connectivity index (χ3n) is 5.48. The van der Waals surface area contributed by atoms with Crippen LogP contribution in [0.5, 0.6) is 5.75 Å². The van der Waals surface area contributed by atoms with E-state index in [-0.39, 0.29) is 12.5 Å². The van der Waals surface area contributed by atoms with Gasteiger partial charge in [-0.25, -0.2) is 8.42 Å². The van der Waals surface area contributed by atoms with Crippen LogP contribution in [0.2, 0.25) is 0 Å². The SMILES string of the molecule is COc1ccc(C)cc1N(CC(=O)N1CCN(CC=Cc2ccccc2)CC1)S(C)(=O)=O. The van der Waals surface area contributed by atoms with Gasteiger partial charge >= 0.3 is 0 Å². The van der Waals surface area contributed by atoms with Crippen molar-refractivity contribution >= 4 is 27.7 Å². The molecule has 0 unspecified atom stereocenters. The molecule has 0 spiro atoms. The number of hydrogen-bond acceptors (Lipinski definition) is 5. The Hall–Kier alpha value is -2.84. The summed E-state index contributed by atoms with van der Waals surface area (Å²) < 4.78 is 31.5. The van der Waals surface area contributed by atoms with Crippen LogP contribution < -0.4 is 9.04 Å². The van der Waals surface area contributed by atoms with E-state index >= 15 is 0 Å². The number of sulfonamides is 1. The highest BCUT2D eigenvalue weighted by atomic mass is 32.2. The van der Waals surface area contributed by atoms with Gasteiger partial charge in [-0.2, -0.15) is 0 Å². The van der Waals surface area contributed by atoms with Gasteiger partial charge in [0.05, 0.1) is 19.1 Å². The summed E-state index contributed by atoms with van der Waals surface area (Å²) in [4.78, 5) is 17.0. The number of rotatable bonds is 8. The lowest BCUT2D eigenvalue weighted by atomic mass is 10.2. The molecule has 8 heteroatoms. The fourth-order valence-corrected chi connectivity index (χ4v) is 4.53. The van der Waals surface area contributed by atoms with Crippen LogP contribution >= 0.6 is 0 Å². The lowest BCUT2D eigenvalue weighted by Gasteiger charge is -2.35. The minimum absolute atomic E-state index is 0.210. The zero-order chi connectivity index (χ0) is 23.1. The van der Waals surface area contributed by atoms with E-state index in [2.05, 4.69) is 29.2 Å². The van der Waals surface area contributed by atoms with Crippen LogP contribution in [0.25, 0.3) is 6.08 Å². The number of piperazine rings is 1. The Bertz CT molecular complexity index is 1050. The molecule has 0 aromatic heterocycles. The van der Waals surface area contributed by atoms with E-state index in [1.54, 1.807) is 17.0 Å². The number of hydrogen-bond donors (Lipinski definition) is 0. The molecule has 1 heterocycles. The molecule has 0 aliphatic carbocycles. The van der Waals surface area contributed by atoms with Crippen molar-refractivity contribution in [3.05, 3.63) is 65.7 Å². The van der Waals surface area contributed by atoms with Gasteiger partial charge in [-0.15, -0.1) is 0 Å². The first kappa shape index (κ1) is 23.8. The van der Waals surface area contributed by atoms with Crippen molar-refractivity contribution in [3.8, 4) is 5.75 Å². The normalized spacial score (nSPS) is 15.2. The second kappa shape index (κ2) is 10.7. The summed E-state index contributed by atoms with van der Waals surface area (Å²) in [6, 6.07) is 15.4. The zero-order valence-corrected chi connectivity index (χ0v) is 19.7. The number of amides is 1. The predicted octanol–water partition coefficient (Wildman–Crippen LogP) is 2.63. The maximum Gasteiger partial charge on any atom is 0.243 e. The Balaban J connectivity index is 1.60. The third-order valence-corrected chi connectivity index (χ3v) is 6.61. The first-order valence-electron chi connectivity index (χ1n) is 10.6. The summed E-state index contributed by atoms with van der Waals surface area (Å²) in [6.45, 7) is 5.08. The zero-order valence-electron chi connectivity index (χ0n) is 18.9. The van der Waals surface area contributed by atoms with Gasteiger partial charge in [-0.05, 0) is 30.2 Å². The van der Waals surface area contributed by atoms with Crippen molar-refractivity contribution in [3.63, 3.8) is 0 Å². The van der Waals surface area contributed by atoms with E-state index < -0.39 is 10.0 Å². The maximum absolute atomic E-state index is 13.0. The number of ether oxygens (including phenoxy) is 1. The van der Waals surface area contributed by atoms with Crippen molar-refractivity contribution in [2.24, 2.45) is 0 Å². The maximum atomic E-state index is 13.0. The first-order valence-corrected chi connectivity index (χ1v) is 12.5. The Labute approximate surface area is 190 Å². The summed E-state index contributed by atoms with van der Waals surface area (Å²) in [5.41, 5.74) is 2.43. The van der Waals surface area contributed by atoms with Crippen molar-refractivity contribution in [1.29, 1.82) is 0 Å². The fourth-order valence-electron chi connectivity index (χ4n) is 3.68. The lowest BCUT2D eigenvalue weighted by Crippen LogP contribution is -2.51. The number of benzene rings is 2. The quantitative estimate of drug-likeness (QED) is 0.610. The van der Waals surface area contributed by atoms with Gasteiger partial charge in [0, 0.05) is 32.7 Å². The van der Waals surface area contributed by atoms with E-state index in [4.69, 9.17) is 4.74 Å². The highest BCUT2D eigenvalue weighted by Crippen LogP contribution is 2.31. The Morgan fingerprint density at radius 3 is 2.41 bits per heavy atom. The predicted molar refractivity (Wildman–Crippen MR) is 128 cm³/mol. The molecule has 1 saturated heterocycles. The summed E-state index contributed by atoms with van der Waals surface area (Å²) in [6.07, 6.45) is 5.33. The van der Waals surface area contributed by atoms with Crippen LogP contribution in [0.1, 0.15) is 11.1 Å². The van der Waals surface area contributed by atoms with E-state index in [1.807, 2.05) is 31.2 Å². The molecule has 0 saturated carbocycles. The Morgan fingerprint density at radius 2 is 1.78 bits per heavy atom. The van der Waals surface area contributed by atoms with Gasteiger partial charge in [-0.1, -0.05) is 48.6 Å². The minimum Gasteiger partial charge on any atom is -0.495 e. The minimum atomic E-state index is -3.66. The van der Waals surface area contributed by atoms with Crippen molar-refractivity contribution in [2.75, 3.05) is 56.9 Å². The Morgan fingerprint density at radius 1 is 1.09 bits per heavy atom. The molecule has 1 aliphatic rings. The average molecular weight is 458 g/mol. The monoisotopic (exact) mass is 457 g/mol. The number of anilines is 1. The molecule has 1 aliphatic heterocycles. The number of methoxy groups -OCH3 is 1. The lowest BCUT2D eigenvalue weighted by molar-refractivity contribution is -0.131. The fraction of sp³-hybridized carbons (Fsp3) is 0.375. The van der Waals surface area contributed by atoms with Gasteiger partial charge in [0.25, 0.3) is 0 Å². The molecule has 1 amide bonds. The third kappa shape index (κ3) is 6.34. The van der Waals surface area contributed by atoms with Gasteiger partial charge < -0.3 is 9.64 Å². The van der Waals surface area contributed by atoms with Crippen LogP contribution in [0.3, 0.4) is 0 Å². The summed E-state index contributed by atoms with van der Waals surface area (Å²) >= 11 is 0. The van der Waals surface area contributed by atoms with Crippen LogP contribution in [-0.4, -0.2) is 76.8 Å². The van der Waals surface area contributed by atoms with Crippen LogP contribution in [0.15, 0.2) is 54.6 Å². The summed E-state index contributed by atoms with van der Waals surface area (Å²) in [5.74, 6) is 0.210.